The highest BCUT2D eigenvalue weighted by molar-refractivity contribution is 5.73. The molecule has 0 bridgehead atoms. The van der Waals surface area contributed by atoms with E-state index in [1.165, 1.54) is 12.8 Å². The lowest BCUT2D eigenvalue weighted by Gasteiger charge is -2.33. The summed E-state index contributed by atoms with van der Waals surface area (Å²) in [5, 5.41) is 0. The summed E-state index contributed by atoms with van der Waals surface area (Å²) in [5.41, 5.74) is 7.93. The first kappa shape index (κ1) is 12.9. The largest absolute Gasteiger partial charge is 0.493 e. The average molecular weight is 250 g/mol. The van der Waals surface area contributed by atoms with Gasteiger partial charge in [0.15, 0.2) is 11.5 Å². The zero-order valence-electron chi connectivity index (χ0n) is 11.4. The van der Waals surface area contributed by atoms with Crippen LogP contribution in [0.1, 0.15) is 19.8 Å². The van der Waals surface area contributed by atoms with Crippen molar-refractivity contribution in [3.05, 3.63) is 12.1 Å². The van der Waals surface area contributed by atoms with Crippen LogP contribution in [0.5, 0.6) is 11.5 Å². The fourth-order valence-electron chi connectivity index (χ4n) is 2.57. The van der Waals surface area contributed by atoms with Crippen molar-refractivity contribution < 1.29 is 9.47 Å². The molecule has 1 aliphatic heterocycles. The molecule has 1 aromatic carbocycles. The number of hydrogen-bond acceptors (Lipinski definition) is 4. The Morgan fingerprint density at radius 2 is 1.89 bits per heavy atom. The summed E-state index contributed by atoms with van der Waals surface area (Å²) in [7, 11) is 3.27. The molecule has 1 unspecified atom stereocenters. The van der Waals surface area contributed by atoms with Crippen molar-refractivity contribution in [1.82, 2.24) is 0 Å². The van der Waals surface area contributed by atoms with Crippen molar-refractivity contribution in [1.29, 1.82) is 0 Å². The van der Waals surface area contributed by atoms with E-state index in [0.29, 0.717) is 11.7 Å². The van der Waals surface area contributed by atoms with Gasteiger partial charge >= 0.3 is 0 Å². The van der Waals surface area contributed by atoms with E-state index in [2.05, 4.69) is 11.8 Å². The fraction of sp³-hybridized carbons (Fsp3) is 0.571. The van der Waals surface area contributed by atoms with Gasteiger partial charge in [0, 0.05) is 25.2 Å². The number of anilines is 2. The number of piperidine rings is 1. The second-order valence-corrected chi connectivity index (χ2v) is 4.96. The Balaban J connectivity index is 2.32. The summed E-state index contributed by atoms with van der Waals surface area (Å²) >= 11 is 0. The van der Waals surface area contributed by atoms with E-state index in [4.69, 9.17) is 15.2 Å². The summed E-state index contributed by atoms with van der Waals surface area (Å²) in [6, 6.07) is 3.82. The third kappa shape index (κ3) is 2.47. The third-order valence-corrected chi connectivity index (χ3v) is 3.53. The minimum Gasteiger partial charge on any atom is -0.493 e. The van der Waals surface area contributed by atoms with E-state index in [9.17, 15) is 0 Å². The molecule has 1 saturated heterocycles. The molecule has 2 N–H and O–H groups in total. The van der Waals surface area contributed by atoms with Gasteiger partial charge in [0.2, 0.25) is 0 Å². The van der Waals surface area contributed by atoms with Crippen molar-refractivity contribution in [2.75, 3.05) is 37.9 Å². The van der Waals surface area contributed by atoms with E-state index >= 15 is 0 Å². The van der Waals surface area contributed by atoms with E-state index in [1.54, 1.807) is 14.2 Å². The monoisotopic (exact) mass is 250 g/mol. The normalized spacial score (nSPS) is 19.7. The van der Waals surface area contributed by atoms with Crippen LogP contribution in [-0.2, 0) is 0 Å². The quantitative estimate of drug-likeness (QED) is 0.837. The molecule has 1 fully saturated rings. The highest BCUT2D eigenvalue weighted by atomic mass is 16.5. The maximum Gasteiger partial charge on any atom is 0.162 e. The van der Waals surface area contributed by atoms with Gasteiger partial charge in [0.1, 0.15) is 0 Å². The molecule has 4 heteroatoms. The molecule has 100 valence electrons. The smallest absolute Gasteiger partial charge is 0.162 e. The third-order valence-electron chi connectivity index (χ3n) is 3.53. The van der Waals surface area contributed by atoms with Crippen LogP contribution in [0.3, 0.4) is 0 Å². The van der Waals surface area contributed by atoms with Crippen molar-refractivity contribution in [3.8, 4) is 11.5 Å². The predicted octanol–water partition coefficient (Wildman–Crippen LogP) is 2.52. The first-order valence-electron chi connectivity index (χ1n) is 6.42. The Kier molecular flexibility index (Phi) is 3.84. The Morgan fingerprint density at radius 1 is 1.22 bits per heavy atom. The number of ether oxygens (including phenoxy) is 2. The fourth-order valence-corrected chi connectivity index (χ4v) is 2.57. The zero-order valence-corrected chi connectivity index (χ0v) is 11.4. The highest BCUT2D eigenvalue weighted by Crippen LogP contribution is 2.38. The van der Waals surface area contributed by atoms with Crippen LogP contribution in [0.15, 0.2) is 12.1 Å². The van der Waals surface area contributed by atoms with Crippen LogP contribution in [0.2, 0.25) is 0 Å². The Hall–Kier alpha value is -1.58. The summed E-state index contributed by atoms with van der Waals surface area (Å²) in [5.74, 6) is 2.13. The number of nitrogens with two attached hydrogens (primary N) is 1. The van der Waals surface area contributed by atoms with Crippen LogP contribution >= 0.6 is 0 Å². The van der Waals surface area contributed by atoms with Crippen LogP contribution in [0.4, 0.5) is 11.4 Å². The minimum atomic E-state index is 0.684. The minimum absolute atomic E-state index is 0.684. The predicted molar refractivity (Wildman–Crippen MR) is 74.6 cm³/mol. The summed E-state index contributed by atoms with van der Waals surface area (Å²) in [6.07, 6.45) is 2.51. The molecule has 0 amide bonds. The Bertz CT molecular complexity index is 421. The molecule has 1 aromatic rings. The van der Waals surface area contributed by atoms with Gasteiger partial charge in [-0.3, -0.25) is 0 Å². The first-order valence-corrected chi connectivity index (χ1v) is 6.42. The SMILES string of the molecule is COc1cc(N)c(N2CCCC(C)C2)cc1OC. The average Bonchev–Trinajstić information content (AvgIpc) is 2.38. The molecule has 2 rings (SSSR count). The molecule has 1 heterocycles. The summed E-state index contributed by atoms with van der Waals surface area (Å²) < 4.78 is 10.6. The van der Waals surface area contributed by atoms with Crippen LogP contribution in [0, 0.1) is 5.92 Å². The molecule has 0 aliphatic carbocycles. The van der Waals surface area contributed by atoms with Gasteiger partial charge in [-0.2, -0.15) is 0 Å². The van der Waals surface area contributed by atoms with Gasteiger partial charge < -0.3 is 20.1 Å². The van der Waals surface area contributed by atoms with E-state index in [-0.39, 0.29) is 0 Å². The summed E-state index contributed by atoms with van der Waals surface area (Å²) in [6.45, 7) is 4.40. The van der Waals surface area contributed by atoms with E-state index < -0.39 is 0 Å². The molecule has 0 spiro atoms. The number of nitrogens with zero attached hydrogens (tertiary/aromatic N) is 1. The number of methoxy groups -OCH3 is 2. The molecule has 1 aliphatic rings. The molecule has 18 heavy (non-hydrogen) atoms. The molecular weight excluding hydrogens is 228 g/mol. The van der Waals surface area contributed by atoms with Gasteiger partial charge in [-0.15, -0.1) is 0 Å². The lowest BCUT2D eigenvalue weighted by molar-refractivity contribution is 0.355. The molecule has 1 atom stereocenters. The van der Waals surface area contributed by atoms with E-state index in [0.717, 1.165) is 30.2 Å². The maximum absolute atomic E-state index is 6.12. The summed E-state index contributed by atoms with van der Waals surface area (Å²) in [4.78, 5) is 2.34. The van der Waals surface area contributed by atoms with Gasteiger partial charge in [-0.25, -0.2) is 0 Å². The second-order valence-electron chi connectivity index (χ2n) is 4.96. The molecular formula is C14H22N2O2. The lowest BCUT2D eigenvalue weighted by atomic mass is 9.99. The van der Waals surface area contributed by atoms with Gasteiger partial charge in [-0.05, 0) is 18.8 Å². The van der Waals surface area contributed by atoms with Gasteiger partial charge in [0.05, 0.1) is 25.6 Å². The van der Waals surface area contributed by atoms with Crippen LogP contribution < -0.4 is 20.1 Å². The highest BCUT2D eigenvalue weighted by Gasteiger charge is 2.20. The van der Waals surface area contributed by atoms with Crippen LogP contribution in [-0.4, -0.2) is 27.3 Å². The van der Waals surface area contributed by atoms with Gasteiger partial charge in [-0.1, -0.05) is 6.92 Å². The molecule has 4 nitrogen and oxygen atoms in total. The topological polar surface area (TPSA) is 47.7 Å². The van der Waals surface area contributed by atoms with Crippen molar-refractivity contribution >= 4 is 11.4 Å². The number of rotatable bonds is 3. The Labute approximate surface area is 109 Å². The number of benzene rings is 1. The first-order chi connectivity index (χ1) is 8.65. The van der Waals surface area contributed by atoms with Gasteiger partial charge in [0.25, 0.3) is 0 Å². The maximum atomic E-state index is 6.12. The molecule has 0 saturated carbocycles. The number of hydrogen-bond donors (Lipinski definition) is 1. The van der Waals surface area contributed by atoms with Crippen molar-refractivity contribution in [2.45, 2.75) is 19.8 Å². The second kappa shape index (κ2) is 5.38. The van der Waals surface area contributed by atoms with Crippen LogP contribution in [0.25, 0.3) is 0 Å². The Morgan fingerprint density at radius 3 is 2.50 bits per heavy atom. The standard InChI is InChI=1S/C14H22N2O2/c1-10-5-4-6-16(9-10)12-8-14(18-3)13(17-2)7-11(12)15/h7-8,10H,4-6,9,15H2,1-3H3. The van der Waals surface area contributed by atoms with E-state index in [1.807, 2.05) is 12.1 Å². The number of nitrogen functional groups attached to an aromatic ring is 1. The van der Waals surface area contributed by atoms with Crippen molar-refractivity contribution in [3.63, 3.8) is 0 Å². The van der Waals surface area contributed by atoms with Crippen molar-refractivity contribution in [2.24, 2.45) is 5.92 Å². The molecule has 0 aromatic heterocycles. The zero-order chi connectivity index (χ0) is 13.1. The lowest BCUT2D eigenvalue weighted by Crippen LogP contribution is -2.34. The molecule has 0 radical (unpaired) electrons.